The predicted octanol–water partition coefficient (Wildman–Crippen LogP) is 1.97. The Balaban J connectivity index is 2.26. The maximum Gasteiger partial charge on any atom is 0.410 e. The van der Waals surface area contributed by atoms with Gasteiger partial charge in [0, 0.05) is 6.54 Å². The number of hydrogen-bond donors (Lipinski definition) is 1. The van der Waals surface area contributed by atoms with Crippen molar-refractivity contribution in [3.8, 4) is 0 Å². The highest BCUT2D eigenvalue weighted by atomic mass is 32.2. The molecule has 7 heteroatoms. The third-order valence-corrected chi connectivity index (χ3v) is 5.49. The number of rotatable bonds is 3. The van der Waals surface area contributed by atoms with Crippen LogP contribution in [0.4, 0.5) is 4.79 Å². The topological polar surface area (TPSA) is 83.9 Å². The van der Waals surface area contributed by atoms with E-state index in [4.69, 9.17) is 4.74 Å². The number of amides is 1. The van der Waals surface area contributed by atoms with E-state index in [1.807, 2.05) is 30.3 Å². The second kappa shape index (κ2) is 7.11. The van der Waals surface area contributed by atoms with Gasteiger partial charge < -0.3 is 9.84 Å². The van der Waals surface area contributed by atoms with Crippen LogP contribution < -0.4 is 0 Å². The Bertz CT molecular complexity index is 666. The van der Waals surface area contributed by atoms with Crippen molar-refractivity contribution in [3.05, 3.63) is 35.9 Å². The van der Waals surface area contributed by atoms with Crippen molar-refractivity contribution < 1.29 is 23.1 Å². The molecule has 1 aromatic carbocycles. The standard InChI is InChI=1S/C17H25NO5S/c1-17(2,3)23-16(20)18(10-13-7-5-4-6-8-13)14-9-15(19)12-24(21,22)11-14/h4-8,14-15,19H,9-12H2,1-3H3. The van der Waals surface area contributed by atoms with Crippen molar-refractivity contribution in [1.29, 1.82) is 0 Å². The van der Waals surface area contributed by atoms with Gasteiger partial charge in [-0.3, -0.25) is 4.90 Å². The largest absolute Gasteiger partial charge is 0.444 e. The molecule has 0 aromatic heterocycles. The lowest BCUT2D eigenvalue weighted by Crippen LogP contribution is -2.51. The van der Waals surface area contributed by atoms with E-state index in [2.05, 4.69) is 0 Å². The van der Waals surface area contributed by atoms with Crippen molar-refractivity contribution in [1.82, 2.24) is 4.90 Å². The summed E-state index contributed by atoms with van der Waals surface area (Å²) < 4.78 is 29.4. The SMILES string of the molecule is CC(C)(C)OC(=O)N(Cc1ccccc1)C1CC(O)CS(=O)(=O)C1. The number of nitrogens with zero attached hydrogens (tertiary/aromatic N) is 1. The first kappa shape index (κ1) is 18.7. The molecule has 1 saturated heterocycles. The molecule has 2 atom stereocenters. The molecule has 0 radical (unpaired) electrons. The molecule has 1 N–H and O–H groups in total. The Kier molecular flexibility index (Phi) is 5.55. The fourth-order valence-corrected chi connectivity index (χ4v) is 4.53. The molecule has 0 aliphatic carbocycles. The molecule has 134 valence electrons. The molecule has 24 heavy (non-hydrogen) atoms. The summed E-state index contributed by atoms with van der Waals surface area (Å²) in [6.07, 6.45) is -1.30. The van der Waals surface area contributed by atoms with Crippen LogP contribution in [0.25, 0.3) is 0 Å². The highest BCUT2D eigenvalue weighted by molar-refractivity contribution is 7.91. The van der Waals surface area contributed by atoms with Gasteiger partial charge in [-0.25, -0.2) is 13.2 Å². The average molecular weight is 355 g/mol. The Hall–Kier alpha value is -1.60. The second-order valence-electron chi connectivity index (χ2n) is 7.21. The fraction of sp³-hybridized carbons (Fsp3) is 0.588. The van der Waals surface area contributed by atoms with Gasteiger partial charge in [-0.2, -0.15) is 0 Å². The summed E-state index contributed by atoms with van der Waals surface area (Å²) in [6.45, 7) is 5.52. The minimum absolute atomic E-state index is 0.157. The molecule has 0 saturated carbocycles. The van der Waals surface area contributed by atoms with Crippen LogP contribution >= 0.6 is 0 Å². The first-order chi connectivity index (χ1) is 11.1. The van der Waals surface area contributed by atoms with E-state index >= 15 is 0 Å². The van der Waals surface area contributed by atoms with Crippen LogP contribution in [-0.4, -0.2) is 53.8 Å². The smallest absolute Gasteiger partial charge is 0.410 e. The highest BCUT2D eigenvalue weighted by Crippen LogP contribution is 2.23. The zero-order chi connectivity index (χ0) is 18.0. The molecule has 1 heterocycles. The van der Waals surface area contributed by atoms with Crippen molar-refractivity contribution in [2.24, 2.45) is 0 Å². The molecular formula is C17H25NO5S. The van der Waals surface area contributed by atoms with E-state index in [1.54, 1.807) is 20.8 Å². The third kappa shape index (κ3) is 5.49. The summed E-state index contributed by atoms with van der Waals surface area (Å²) in [5.41, 5.74) is 0.193. The van der Waals surface area contributed by atoms with Gasteiger partial charge >= 0.3 is 6.09 Å². The zero-order valence-corrected chi connectivity index (χ0v) is 15.1. The van der Waals surface area contributed by atoms with Gasteiger partial charge in [0.25, 0.3) is 0 Å². The number of benzene rings is 1. The Labute approximate surface area is 143 Å². The molecule has 6 nitrogen and oxygen atoms in total. The summed E-state index contributed by atoms with van der Waals surface area (Å²) in [5.74, 6) is -0.410. The lowest BCUT2D eigenvalue weighted by Gasteiger charge is -2.36. The minimum atomic E-state index is -3.40. The van der Waals surface area contributed by atoms with Crippen LogP contribution in [0.3, 0.4) is 0 Å². The van der Waals surface area contributed by atoms with Crippen molar-refractivity contribution >= 4 is 15.9 Å². The molecular weight excluding hydrogens is 330 g/mol. The van der Waals surface area contributed by atoms with E-state index in [9.17, 15) is 18.3 Å². The van der Waals surface area contributed by atoms with Crippen molar-refractivity contribution in [2.45, 2.75) is 51.5 Å². The molecule has 1 aliphatic heterocycles. The summed E-state index contributed by atoms with van der Waals surface area (Å²) in [5, 5.41) is 9.89. The summed E-state index contributed by atoms with van der Waals surface area (Å²) >= 11 is 0. The molecule has 0 bridgehead atoms. The Morgan fingerprint density at radius 2 is 1.88 bits per heavy atom. The second-order valence-corrected chi connectivity index (χ2v) is 9.37. The molecule has 2 unspecified atom stereocenters. The van der Waals surface area contributed by atoms with E-state index in [-0.39, 0.29) is 24.5 Å². The van der Waals surface area contributed by atoms with Crippen LogP contribution in [-0.2, 0) is 21.1 Å². The van der Waals surface area contributed by atoms with Gasteiger partial charge in [0.05, 0.1) is 23.7 Å². The van der Waals surface area contributed by atoms with Gasteiger partial charge in [-0.1, -0.05) is 30.3 Å². The molecule has 2 rings (SSSR count). The van der Waals surface area contributed by atoms with Gasteiger partial charge in [-0.05, 0) is 32.8 Å². The van der Waals surface area contributed by atoms with E-state index in [1.165, 1.54) is 4.90 Å². The predicted molar refractivity (Wildman–Crippen MR) is 91.3 cm³/mol. The van der Waals surface area contributed by atoms with Crippen LogP contribution in [0.2, 0.25) is 0 Å². The molecule has 1 amide bonds. The number of aliphatic hydroxyl groups is 1. The number of hydrogen-bond acceptors (Lipinski definition) is 5. The van der Waals surface area contributed by atoms with Crippen molar-refractivity contribution in [3.63, 3.8) is 0 Å². The zero-order valence-electron chi connectivity index (χ0n) is 14.3. The lowest BCUT2D eigenvalue weighted by molar-refractivity contribution is 0.0103. The number of ether oxygens (including phenoxy) is 1. The highest BCUT2D eigenvalue weighted by Gasteiger charge is 2.37. The minimum Gasteiger partial charge on any atom is -0.444 e. The fourth-order valence-electron chi connectivity index (χ4n) is 2.77. The Morgan fingerprint density at radius 3 is 2.42 bits per heavy atom. The normalized spacial score (nSPS) is 23.5. The number of sulfone groups is 1. The van der Waals surface area contributed by atoms with E-state index in [0.29, 0.717) is 0 Å². The lowest BCUT2D eigenvalue weighted by atomic mass is 10.1. The Morgan fingerprint density at radius 1 is 1.25 bits per heavy atom. The summed E-state index contributed by atoms with van der Waals surface area (Å²) in [4.78, 5) is 14.0. The maximum absolute atomic E-state index is 12.6. The first-order valence-corrected chi connectivity index (χ1v) is 9.80. The van der Waals surface area contributed by atoms with Gasteiger partial charge in [0.1, 0.15) is 5.60 Å². The van der Waals surface area contributed by atoms with Gasteiger partial charge in [0.15, 0.2) is 9.84 Å². The van der Waals surface area contributed by atoms with Gasteiger partial charge in [-0.15, -0.1) is 0 Å². The molecule has 1 fully saturated rings. The number of aliphatic hydroxyl groups excluding tert-OH is 1. The van der Waals surface area contributed by atoms with E-state index < -0.39 is 33.7 Å². The monoisotopic (exact) mass is 355 g/mol. The maximum atomic E-state index is 12.6. The van der Waals surface area contributed by atoms with Crippen molar-refractivity contribution in [2.75, 3.05) is 11.5 Å². The van der Waals surface area contributed by atoms with E-state index in [0.717, 1.165) is 5.56 Å². The summed E-state index contributed by atoms with van der Waals surface area (Å²) in [6, 6.07) is 8.71. The van der Waals surface area contributed by atoms with Crippen LogP contribution in [0.5, 0.6) is 0 Å². The third-order valence-electron chi connectivity index (χ3n) is 3.70. The van der Waals surface area contributed by atoms with Gasteiger partial charge in [0.2, 0.25) is 0 Å². The molecule has 0 spiro atoms. The van der Waals surface area contributed by atoms with Crippen LogP contribution in [0.15, 0.2) is 30.3 Å². The molecule has 1 aliphatic rings. The van der Waals surface area contributed by atoms with Crippen LogP contribution in [0.1, 0.15) is 32.8 Å². The number of carbonyl (C=O) groups excluding carboxylic acids is 1. The number of carbonyl (C=O) groups is 1. The van der Waals surface area contributed by atoms with Crippen LogP contribution in [0, 0.1) is 0 Å². The molecule has 1 aromatic rings. The average Bonchev–Trinajstić information content (AvgIpc) is 2.41. The quantitative estimate of drug-likeness (QED) is 0.896. The summed E-state index contributed by atoms with van der Waals surface area (Å²) in [7, 11) is -3.40. The first-order valence-electron chi connectivity index (χ1n) is 7.98.